The Morgan fingerprint density at radius 3 is 3.00 bits per heavy atom. The van der Waals surface area contributed by atoms with Crippen molar-refractivity contribution in [1.82, 2.24) is 9.88 Å². The van der Waals surface area contributed by atoms with E-state index in [9.17, 15) is 0 Å². The molecule has 2 aliphatic rings. The Morgan fingerprint density at radius 1 is 1.45 bits per heavy atom. The Kier molecular flexibility index (Phi) is 5.02. The lowest BCUT2D eigenvalue weighted by molar-refractivity contribution is 0.0442. The molecule has 1 unspecified atom stereocenters. The van der Waals surface area contributed by atoms with E-state index in [1.807, 2.05) is 23.5 Å². The van der Waals surface area contributed by atoms with E-state index in [2.05, 4.69) is 23.0 Å². The second kappa shape index (κ2) is 6.96. The molecule has 1 saturated heterocycles. The summed E-state index contributed by atoms with van der Waals surface area (Å²) < 4.78 is 5.50. The third-order valence-corrected chi connectivity index (χ3v) is 6.04. The van der Waals surface area contributed by atoms with Gasteiger partial charge < -0.3 is 9.64 Å². The van der Waals surface area contributed by atoms with Crippen molar-refractivity contribution in [2.45, 2.75) is 50.4 Å². The summed E-state index contributed by atoms with van der Waals surface area (Å²) in [5.74, 6) is 0. The SMILES string of the molecule is CCCCC1SC(c2cncs2)=[C]N1C1CCOCC1. The van der Waals surface area contributed by atoms with Crippen LogP contribution >= 0.6 is 23.1 Å². The van der Waals surface area contributed by atoms with E-state index in [1.54, 1.807) is 11.3 Å². The van der Waals surface area contributed by atoms with E-state index >= 15 is 0 Å². The molecule has 1 aromatic rings. The van der Waals surface area contributed by atoms with Crippen molar-refractivity contribution < 1.29 is 4.74 Å². The Bertz CT molecular complexity index is 441. The van der Waals surface area contributed by atoms with Crippen LogP contribution in [-0.2, 0) is 4.74 Å². The van der Waals surface area contributed by atoms with Crippen LogP contribution in [0, 0.1) is 6.20 Å². The van der Waals surface area contributed by atoms with E-state index < -0.39 is 0 Å². The molecule has 1 atom stereocenters. The van der Waals surface area contributed by atoms with Gasteiger partial charge in [-0.3, -0.25) is 4.98 Å². The monoisotopic (exact) mass is 309 g/mol. The number of unbranched alkanes of at least 4 members (excludes halogenated alkanes) is 1. The molecular weight excluding hydrogens is 288 g/mol. The molecule has 0 saturated carbocycles. The third-order valence-electron chi connectivity index (χ3n) is 3.84. The first-order valence-corrected chi connectivity index (χ1v) is 9.19. The molecular formula is C15H21N2OS2. The molecule has 5 heteroatoms. The van der Waals surface area contributed by atoms with Crippen LogP contribution in [0.4, 0.5) is 0 Å². The molecule has 3 heterocycles. The first-order chi connectivity index (χ1) is 9.88. The van der Waals surface area contributed by atoms with E-state index in [1.165, 1.54) is 29.0 Å². The molecule has 2 aliphatic heterocycles. The largest absolute Gasteiger partial charge is 0.381 e. The number of thiazole rings is 1. The Labute approximate surface area is 129 Å². The van der Waals surface area contributed by atoms with E-state index in [0.717, 1.165) is 26.1 Å². The zero-order chi connectivity index (χ0) is 13.8. The van der Waals surface area contributed by atoms with Crippen molar-refractivity contribution in [2.75, 3.05) is 13.2 Å². The average molecular weight is 309 g/mol. The van der Waals surface area contributed by atoms with Crippen LogP contribution in [0.15, 0.2) is 11.7 Å². The standard InChI is InChI=1S/C15H21N2OS2/c1-2-3-4-15-17(12-5-7-18-8-6-12)10-14(20-15)13-9-16-11-19-13/h9,11-12,15H,2-8H2,1H3. The molecule has 3 rings (SSSR count). The van der Waals surface area contributed by atoms with Crippen LogP contribution in [0.1, 0.15) is 43.9 Å². The van der Waals surface area contributed by atoms with Crippen LogP contribution < -0.4 is 0 Å². The van der Waals surface area contributed by atoms with Gasteiger partial charge in [-0.15, -0.1) is 11.3 Å². The zero-order valence-corrected chi connectivity index (χ0v) is 13.5. The maximum absolute atomic E-state index is 5.50. The van der Waals surface area contributed by atoms with Gasteiger partial charge in [-0.2, -0.15) is 0 Å². The summed E-state index contributed by atoms with van der Waals surface area (Å²) in [5, 5.41) is 0.551. The second-order valence-corrected chi connectivity index (χ2v) is 7.35. The highest BCUT2D eigenvalue weighted by molar-refractivity contribution is 8.09. The van der Waals surface area contributed by atoms with Crippen LogP contribution in [0.3, 0.4) is 0 Å². The highest BCUT2D eigenvalue weighted by Crippen LogP contribution is 2.43. The highest BCUT2D eigenvalue weighted by Gasteiger charge is 2.32. The van der Waals surface area contributed by atoms with Gasteiger partial charge in [0.05, 0.1) is 26.9 Å². The Balaban J connectivity index is 1.74. The molecule has 0 N–H and O–H groups in total. The summed E-state index contributed by atoms with van der Waals surface area (Å²) in [6.07, 6.45) is 11.7. The van der Waals surface area contributed by atoms with Gasteiger partial charge >= 0.3 is 0 Å². The lowest BCUT2D eigenvalue weighted by atomic mass is 10.1. The molecule has 0 aliphatic carbocycles. The molecule has 109 valence electrons. The zero-order valence-electron chi connectivity index (χ0n) is 11.9. The molecule has 1 fully saturated rings. The number of ether oxygens (including phenoxy) is 1. The lowest BCUT2D eigenvalue weighted by Gasteiger charge is -2.35. The van der Waals surface area contributed by atoms with Crippen LogP contribution in [-0.4, -0.2) is 34.5 Å². The minimum Gasteiger partial charge on any atom is -0.381 e. The Morgan fingerprint density at radius 2 is 2.30 bits per heavy atom. The van der Waals surface area contributed by atoms with Gasteiger partial charge in [-0.1, -0.05) is 31.5 Å². The van der Waals surface area contributed by atoms with Crippen LogP contribution in [0.25, 0.3) is 4.91 Å². The fourth-order valence-corrected chi connectivity index (χ4v) is 4.74. The van der Waals surface area contributed by atoms with Crippen LogP contribution in [0.5, 0.6) is 0 Å². The minimum absolute atomic E-state index is 0.551. The van der Waals surface area contributed by atoms with Gasteiger partial charge in [0.2, 0.25) is 0 Å². The lowest BCUT2D eigenvalue weighted by Crippen LogP contribution is -2.39. The molecule has 0 bridgehead atoms. The van der Waals surface area contributed by atoms with Gasteiger partial charge in [0, 0.05) is 25.5 Å². The maximum Gasteiger partial charge on any atom is 0.0802 e. The predicted octanol–water partition coefficient (Wildman–Crippen LogP) is 3.99. The van der Waals surface area contributed by atoms with E-state index in [4.69, 9.17) is 4.74 Å². The molecule has 0 aromatic carbocycles. The van der Waals surface area contributed by atoms with Crippen molar-refractivity contribution in [3.8, 4) is 0 Å². The number of hydrogen-bond donors (Lipinski definition) is 0. The first-order valence-electron chi connectivity index (χ1n) is 7.43. The smallest absolute Gasteiger partial charge is 0.0802 e. The van der Waals surface area contributed by atoms with Gasteiger partial charge in [0.1, 0.15) is 0 Å². The van der Waals surface area contributed by atoms with Gasteiger partial charge in [0.15, 0.2) is 0 Å². The topological polar surface area (TPSA) is 25.4 Å². The van der Waals surface area contributed by atoms with Crippen molar-refractivity contribution in [3.05, 3.63) is 22.8 Å². The summed E-state index contributed by atoms with van der Waals surface area (Å²) in [4.78, 5) is 9.21. The van der Waals surface area contributed by atoms with Gasteiger partial charge in [-0.05, 0) is 19.3 Å². The Hall–Kier alpha value is -0.520. The third kappa shape index (κ3) is 3.21. The normalized spacial score (nSPS) is 24.1. The number of thioether (sulfide) groups is 1. The molecule has 20 heavy (non-hydrogen) atoms. The van der Waals surface area contributed by atoms with Crippen LogP contribution in [0.2, 0.25) is 0 Å². The fraction of sp³-hybridized carbons (Fsp3) is 0.667. The van der Waals surface area contributed by atoms with Crippen molar-refractivity contribution in [3.63, 3.8) is 0 Å². The van der Waals surface area contributed by atoms with Gasteiger partial charge in [0.25, 0.3) is 0 Å². The second-order valence-electron chi connectivity index (χ2n) is 5.27. The summed E-state index contributed by atoms with van der Waals surface area (Å²) in [7, 11) is 0. The summed E-state index contributed by atoms with van der Waals surface area (Å²) in [5.41, 5.74) is 1.91. The van der Waals surface area contributed by atoms with Crippen molar-refractivity contribution in [1.29, 1.82) is 0 Å². The molecule has 0 spiro atoms. The number of rotatable bonds is 5. The highest BCUT2D eigenvalue weighted by atomic mass is 32.2. The molecule has 3 nitrogen and oxygen atoms in total. The van der Waals surface area contributed by atoms with Gasteiger partial charge in [-0.25, -0.2) is 0 Å². The maximum atomic E-state index is 5.50. The summed E-state index contributed by atoms with van der Waals surface area (Å²) in [6, 6.07) is 0.600. The number of aromatic nitrogens is 1. The summed E-state index contributed by atoms with van der Waals surface area (Å²) in [6.45, 7) is 4.05. The minimum atomic E-state index is 0.551. The van der Waals surface area contributed by atoms with E-state index in [0.29, 0.717) is 11.4 Å². The van der Waals surface area contributed by atoms with Crippen molar-refractivity contribution in [2.24, 2.45) is 0 Å². The molecule has 1 aromatic heterocycles. The predicted molar refractivity (Wildman–Crippen MR) is 85.3 cm³/mol. The van der Waals surface area contributed by atoms with E-state index in [-0.39, 0.29) is 0 Å². The quantitative estimate of drug-likeness (QED) is 0.821. The molecule has 0 amide bonds. The molecule has 1 radical (unpaired) electrons. The van der Waals surface area contributed by atoms with Crippen molar-refractivity contribution >= 4 is 28.0 Å². The summed E-state index contributed by atoms with van der Waals surface area (Å²) >= 11 is 3.68. The fourth-order valence-electron chi connectivity index (χ4n) is 2.72. The number of hydrogen-bond acceptors (Lipinski definition) is 5. The average Bonchev–Trinajstić information content (AvgIpc) is 3.15. The first kappa shape index (κ1) is 14.4. The number of nitrogens with zero attached hydrogens (tertiary/aromatic N) is 2.